The van der Waals surface area contributed by atoms with Crippen LogP contribution in [-0.2, 0) is 0 Å². The van der Waals surface area contributed by atoms with Gasteiger partial charge in [0.25, 0.3) is 5.91 Å². The zero-order valence-corrected chi connectivity index (χ0v) is 16.0. The van der Waals surface area contributed by atoms with Gasteiger partial charge in [-0.3, -0.25) is 9.78 Å². The molecule has 0 bridgehead atoms. The molecule has 1 atom stereocenters. The molecule has 0 radical (unpaired) electrons. The van der Waals surface area contributed by atoms with E-state index in [1.807, 2.05) is 49.1 Å². The first-order valence-corrected chi connectivity index (χ1v) is 9.36. The van der Waals surface area contributed by atoms with Crippen LogP contribution in [0, 0.1) is 6.92 Å². The van der Waals surface area contributed by atoms with E-state index >= 15 is 0 Å². The molecule has 1 saturated carbocycles. The molecule has 0 saturated heterocycles. The lowest BCUT2D eigenvalue weighted by Crippen LogP contribution is -2.36. The van der Waals surface area contributed by atoms with Crippen molar-refractivity contribution in [2.75, 3.05) is 0 Å². The highest BCUT2D eigenvalue weighted by Gasteiger charge is 2.38. The van der Waals surface area contributed by atoms with Crippen molar-refractivity contribution in [3.05, 3.63) is 70.8 Å². The molecule has 4 rings (SSSR count). The summed E-state index contributed by atoms with van der Waals surface area (Å²) in [5.74, 6) is -0.110. The minimum atomic E-state index is -0.123. The molecule has 1 unspecified atom stereocenters. The molecule has 0 aliphatic heterocycles. The number of nitrogens with zero attached hydrogens (tertiary/aromatic N) is 5. The van der Waals surface area contributed by atoms with E-state index in [-0.39, 0.29) is 18.0 Å². The predicted octanol–water partition coefficient (Wildman–Crippen LogP) is 3.99. The van der Waals surface area contributed by atoms with Gasteiger partial charge in [0, 0.05) is 17.3 Å². The van der Waals surface area contributed by atoms with E-state index in [2.05, 4.69) is 15.3 Å². The largest absolute Gasteiger partial charge is 0.326 e. The molecule has 1 aliphatic carbocycles. The Hall–Kier alpha value is -2.73. The third-order valence-corrected chi connectivity index (χ3v) is 5.09. The first kappa shape index (κ1) is 17.7. The fourth-order valence-electron chi connectivity index (χ4n) is 3.28. The van der Waals surface area contributed by atoms with Crippen LogP contribution in [0.1, 0.15) is 47.7 Å². The Morgan fingerprint density at radius 1 is 1.26 bits per heavy atom. The summed E-state index contributed by atoms with van der Waals surface area (Å²) in [6.45, 7) is 3.86. The van der Waals surface area contributed by atoms with Crippen molar-refractivity contribution in [1.29, 1.82) is 0 Å². The highest BCUT2D eigenvalue weighted by Crippen LogP contribution is 2.35. The van der Waals surface area contributed by atoms with Gasteiger partial charge in [-0.1, -0.05) is 28.9 Å². The van der Waals surface area contributed by atoms with Crippen LogP contribution in [0.15, 0.2) is 48.7 Å². The minimum absolute atomic E-state index is 0.110. The molecule has 1 aromatic carbocycles. The topological polar surface area (TPSA) is 63.9 Å². The molecule has 27 heavy (non-hydrogen) atoms. The van der Waals surface area contributed by atoms with Gasteiger partial charge < -0.3 is 4.90 Å². The number of amides is 1. The summed E-state index contributed by atoms with van der Waals surface area (Å²) < 4.78 is 1.65. The van der Waals surface area contributed by atoms with E-state index in [1.165, 1.54) is 0 Å². The molecule has 1 aliphatic rings. The van der Waals surface area contributed by atoms with Gasteiger partial charge in [-0.05, 0) is 57.0 Å². The Balaban J connectivity index is 1.67. The Labute approximate surface area is 162 Å². The Morgan fingerprint density at radius 3 is 2.74 bits per heavy atom. The highest BCUT2D eigenvalue weighted by molar-refractivity contribution is 6.30. The maximum Gasteiger partial charge on any atom is 0.277 e. The first-order chi connectivity index (χ1) is 13.1. The number of carbonyl (C=O) groups excluding carboxylic acids is 1. The Kier molecular flexibility index (Phi) is 4.66. The molecule has 1 amide bonds. The number of hydrogen-bond acceptors (Lipinski definition) is 4. The average molecular weight is 382 g/mol. The highest BCUT2D eigenvalue weighted by atomic mass is 35.5. The van der Waals surface area contributed by atoms with Gasteiger partial charge in [-0.2, -0.15) is 0 Å². The normalized spacial score (nSPS) is 14.8. The molecular formula is C20H20ClN5O. The van der Waals surface area contributed by atoms with Gasteiger partial charge in [0.2, 0.25) is 0 Å². The minimum Gasteiger partial charge on any atom is -0.326 e. The summed E-state index contributed by atoms with van der Waals surface area (Å²) in [6, 6.07) is 13.2. The molecule has 138 valence electrons. The van der Waals surface area contributed by atoms with Crippen molar-refractivity contribution in [2.45, 2.75) is 38.8 Å². The van der Waals surface area contributed by atoms with E-state index in [1.54, 1.807) is 23.0 Å². The summed E-state index contributed by atoms with van der Waals surface area (Å²) in [4.78, 5) is 19.6. The van der Waals surface area contributed by atoms with Gasteiger partial charge >= 0.3 is 0 Å². The molecule has 7 heteroatoms. The average Bonchev–Trinajstić information content (AvgIpc) is 3.43. The summed E-state index contributed by atoms with van der Waals surface area (Å²) >= 11 is 6.08. The van der Waals surface area contributed by atoms with Crippen LogP contribution in [0.5, 0.6) is 0 Å². The van der Waals surface area contributed by atoms with E-state index < -0.39 is 0 Å². The van der Waals surface area contributed by atoms with Crippen LogP contribution in [0.2, 0.25) is 5.02 Å². The van der Waals surface area contributed by atoms with Crippen molar-refractivity contribution in [3.8, 4) is 5.69 Å². The summed E-state index contributed by atoms with van der Waals surface area (Å²) in [7, 11) is 0. The number of benzene rings is 1. The van der Waals surface area contributed by atoms with Gasteiger partial charge in [-0.25, -0.2) is 4.68 Å². The lowest BCUT2D eigenvalue weighted by molar-refractivity contribution is 0.0663. The fraction of sp³-hybridized carbons (Fsp3) is 0.300. The smallest absolute Gasteiger partial charge is 0.277 e. The maximum atomic E-state index is 13.3. The summed E-state index contributed by atoms with van der Waals surface area (Å²) in [6.07, 6.45) is 3.76. The quantitative estimate of drug-likeness (QED) is 0.670. The Morgan fingerprint density at radius 2 is 2.07 bits per heavy atom. The number of pyridine rings is 1. The molecule has 1 fully saturated rings. The van der Waals surface area contributed by atoms with Crippen LogP contribution in [-0.4, -0.2) is 36.8 Å². The SMILES string of the molecule is Cc1c(C(=O)N(C2CC2)C(C)c2ccccn2)nnn1-c1cccc(Cl)c1. The molecular weight excluding hydrogens is 362 g/mol. The lowest BCUT2D eigenvalue weighted by atomic mass is 10.1. The van der Waals surface area contributed by atoms with Crippen LogP contribution in [0.3, 0.4) is 0 Å². The van der Waals surface area contributed by atoms with E-state index in [0.717, 1.165) is 24.2 Å². The molecule has 0 N–H and O–H groups in total. The maximum absolute atomic E-state index is 13.3. The number of aromatic nitrogens is 4. The Bertz CT molecular complexity index is 968. The number of rotatable bonds is 5. The number of hydrogen-bond donors (Lipinski definition) is 0. The van der Waals surface area contributed by atoms with E-state index in [9.17, 15) is 4.79 Å². The second-order valence-electron chi connectivity index (χ2n) is 6.79. The third-order valence-electron chi connectivity index (χ3n) is 4.86. The number of carbonyl (C=O) groups is 1. The van der Waals surface area contributed by atoms with Crippen molar-refractivity contribution < 1.29 is 4.79 Å². The molecule has 6 nitrogen and oxygen atoms in total. The van der Waals surface area contributed by atoms with Crippen molar-refractivity contribution >= 4 is 17.5 Å². The molecule has 2 heterocycles. The third kappa shape index (κ3) is 3.45. The van der Waals surface area contributed by atoms with E-state index in [4.69, 9.17) is 11.6 Å². The fourth-order valence-corrected chi connectivity index (χ4v) is 3.46. The summed E-state index contributed by atoms with van der Waals surface area (Å²) in [5, 5.41) is 8.98. The van der Waals surface area contributed by atoms with Crippen molar-refractivity contribution in [2.24, 2.45) is 0 Å². The summed E-state index contributed by atoms with van der Waals surface area (Å²) in [5.41, 5.74) is 2.71. The zero-order chi connectivity index (χ0) is 19.0. The number of halogens is 1. The second-order valence-corrected chi connectivity index (χ2v) is 7.23. The van der Waals surface area contributed by atoms with Gasteiger partial charge in [0.1, 0.15) is 0 Å². The molecule has 3 aromatic rings. The van der Waals surface area contributed by atoms with E-state index in [0.29, 0.717) is 16.4 Å². The van der Waals surface area contributed by atoms with Gasteiger partial charge in [-0.15, -0.1) is 5.10 Å². The van der Waals surface area contributed by atoms with Gasteiger partial charge in [0.05, 0.1) is 23.1 Å². The van der Waals surface area contributed by atoms with Crippen LogP contribution in [0.4, 0.5) is 0 Å². The van der Waals surface area contributed by atoms with Crippen LogP contribution < -0.4 is 0 Å². The van der Waals surface area contributed by atoms with Crippen molar-refractivity contribution in [3.63, 3.8) is 0 Å². The standard InChI is InChI=1S/C20H20ClN5O/c1-13(18-8-3-4-11-22-18)25(16-9-10-16)20(27)19-14(2)26(24-23-19)17-7-5-6-15(21)12-17/h3-8,11-13,16H,9-10H2,1-2H3. The zero-order valence-electron chi connectivity index (χ0n) is 15.2. The molecule has 2 aromatic heterocycles. The first-order valence-electron chi connectivity index (χ1n) is 8.98. The van der Waals surface area contributed by atoms with Crippen molar-refractivity contribution in [1.82, 2.24) is 24.9 Å². The monoisotopic (exact) mass is 381 g/mol. The molecule has 0 spiro atoms. The predicted molar refractivity (Wildman–Crippen MR) is 103 cm³/mol. The lowest BCUT2D eigenvalue weighted by Gasteiger charge is -2.28. The van der Waals surface area contributed by atoms with Gasteiger partial charge in [0.15, 0.2) is 5.69 Å². The second kappa shape index (κ2) is 7.12. The van der Waals surface area contributed by atoms with Crippen LogP contribution >= 0.6 is 11.6 Å². The van der Waals surface area contributed by atoms with Crippen LogP contribution in [0.25, 0.3) is 5.69 Å².